The molecule has 0 spiro atoms. The average Bonchev–Trinajstić information content (AvgIpc) is 1.94. The molecule has 0 saturated heterocycles. The zero-order valence-electron chi connectivity index (χ0n) is 5.18. The highest BCUT2D eigenvalue weighted by atomic mass is 127. The molecule has 0 aliphatic heterocycles. The van der Waals surface area contributed by atoms with Gasteiger partial charge in [-0.3, -0.25) is 0 Å². The zero-order chi connectivity index (χ0) is 7.40. The van der Waals surface area contributed by atoms with Crippen LogP contribution in [0.3, 0.4) is 0 Å². The Labute approximate surface area is 72.3 Å². The maximum absolute atomic E-state index is 11.6. The molecule has 10 heavy (non-hydrogen) atoms. The number of hydrogen-bond acceptors (Lipinski definition) is 1. The first-order valence-electron chi connectivity index (χ1n) is 2.78. The van der Waals surface area contributed by atoms with E-state index in [1.165, 1.54) is 0 Å². The first-order chi connectivity index (χ1) is 4.84. The lowest BCUT2D eigenvalue weighted by Crippen LogP contribution is -1.91. The van der Waals surface area contributed by atoms with Gasteiger partial charge in [0, 0.05) is 0 Å². The fourth-order valence-electron chi connectivity index (χ4n) is 0.621. The molecule has 0 unspecified atom stereocenters. The van der Waals surface area contributed by atoms with Crippen molar-refractivity contribution in [1.29, 1.82) is 0 Å². The van der Waals surface area contributed by atoms with E-state index in [1.807, 2.05) is 18.2 Å². The quantitative estimate of drug-likeness (QED) is 0.735. The van der Waals surface area contributed by atoms with Crippen molar-refractivity contribution < 1.29 is 9.13 Å². The van der Waals surface area contributed by atoms with Crippen LogP contribution in [0.25, 0.3) is 0 Å². The molecular weight excluding hydrogens is 246 g/mol. The van der Waals surface area contributed by atoms with Crippen molar-refractivity contribution in [3.63, 3.8) is 0 Å². The molecule has 0 amide bonds. The fraction of sp³-hybridized carbons (Fsp3) is 0.143. The number of hydrogen-bond donors (Lipinski definition) is 0. The summed E-state index contributed by atoms with van der Waals surface area (Å²) in [6, 6.07) is 7.30. The predicted octanol–water partition coefficient (Wildman–Crippen LogP) is 2.60. The van der Waals surface area contributed by atoms with Gasteiger partial charge in [-0.1, -0.05) is 12.1 Å². The van der Waals surface area contributed by atoms with Crippen LogP contribution < -0.4 is 4.74 Å². The number of para-hydroxylation sites is 1. The molecule has 1 rings (SSSR count). The lowest BCUT2D eigenvalue weighted by molar-refractivity contribution is 0.190. The summed E-state index contributed by atoms with van der Waals surface area (Å²) in [5, 5.41) is 0. The molecule has 54 valence electrons. The first kappa shape index (κ1) is 7.78. The maximum Gasteiger partial charge on any atom is 0.228 e. The molecule has 0 saturated carbocycles. The third-order valence-corrected chi connectivity index (χ3v) is 1.94. The smallest absolute Gasteiger partial charge is 0.228 e. The van der Waals surface area contributed by atoms with E-state index in [9.17, 15) is 4.39 Å². The van der Waals surface area contributed by atoms with Crippen molar-refractivity contribution in [3.05, 3.63) is 27.8 Å². The summed E-state index contributed by atoms with van der Waals surface area (Å²) >= 11 is 2.09. The Hall–Kier alpha value is -0.320. The van der Waals surface area contributed by atoms with Gasteiger partial charge in [0.25, 0.3) is 0 Å². The van der Waals surface area contributed by atoms with Gasteiger partial charge in [0.1, 0.15) is 5.75 Å². The molecule has 0 aliphatic rings. The van der Waals surface area contributed by atoms with E-state index in [0.717, 1.165) is 3.57 Å². The Morgan fingerprint density at radius 3 is 2.70 bits per heavy atom. The van der Waals surface area contributed by atoms with E-state index in [-0.39, 0.29) is 0 Å². The molecule has 0 heterocycles. The summed E-state index contributed by atoms with van der Waals surface area (Å²) in [5.41, 5.74) is 0. The monoisotopic (exact) mass is 252 g/mol. The highest BCUT2D eigenvalue weighted by Crippen LogP contribution is 2.19. The summed E-state index contributed by atoms with van der Waals surface area (Å²) in [4.78, 5) is 0. The molecule has 0 bridgehead atoms. The highest BCUT2D eigenvalue weighted by molar-refractivity contribution is 14.1. The Morgan fingerprint density at radius 2 is 2.10 bits per heavy atom. The lowest BCUT2D eigenvalue weighted by Gasteiger charge is -2.01. The van der Waals surface area contributed by atoms with E-state index in [4.69, 9.17) is 0 Å². The van der Waals surface area contributed by atoms with Crippen LogP contribution in [-0.4, -0.2) is 6.86 Å². The van der Waals surface area contributed by atoms with Crippen molar-refractivity contribution in [1.82, 2.24) is 0 Å². The minimum Gasteiger partial charge on any atom is -0.462 e. The van der Waals surface area contributed by atoms with Gasteiger partial charge >= 0.3 is 0 Å². The Bertz CT molecular complexity index is 215. The number of halogens is 2. The van der Waals surface area contributed by atoms with Crippen LogP contribution in [-0.2, 0) is 0 Å². The average molecular weight is 252 g/mol. The van der Waals surface area contributed by atoms with Crippen molar-refractivity contribution in [2.45, 2.75) is 0 Å². The van der Waals surface area contributed by atoms with Gasteiger partial charge in [-0.15, -0.1) is 0 Å². The van der Waals surface area contributed by atoms with Crippen LogP contribution in [0.1, 0.15) is 0 Å². The Balaban J connectivity index is 2.81. The van der Waals surface area contributed by atoms with Crippen molar-refractivity contribution >= 4 is 22.6 Å². The van der Waals surface area contributed by atoms with Crippen molar-refractivity contribution in [2.24, 2.45) is 0 Å². The van der Waals surface area contributed by atoms with E-state index >= 15 is 0 Å². The van der Waals surface area contributed by atoms with Crippen LogP contribution in [0.15, 0.2) is 24.3 Å². The second-order valence-corrected chi connectivity index (χ2v) is 2.85. The minimum atomic E-state index is -0.764. The van der Waals surface area contributed by atoms with Gasteiger partial charge in [0.15, 0.2) is 0 Å². The molecule has 3 heteroatoms. The van der Waals surface area contributed by atoms with Gasteiger partial charge in [-0.25, -0.2) is 4.39 Å². The lowest BCUT2D eigenvalue weighted by atomic mass is 10.3. The first-order valence-corrected chi connectivity index (χ1v) is 3.86. The normalized spacial score (nSPS) is 9.40. The van der Waals surface area contributed by atoms with Crippen LogP contribution in [0.2, 0.25) is 0 Å². The van der Waals surface area contributed by atoms with Gasteiger partial charge in [-0.2, -0.15) is 0 Å². The van der Waals surface area contributed by atoms with Crippen molar-refractivity contribution in [3.8, 4) is 5.75 Å². The number of benzene rings is 1. The molecule has 0 fully saturated rings. The largest absolute Gasteiger partial charge is 0.462 e. The van der Waals surface area contributed by atoms with E-state index in [2.05, 4.69) is 27.3 Å². The standard InChI is InChI=1S/C7H6FIO/c8-5-10-7-4-2-1-3-6(7)9/h1-4H,5H2. The second kappa shape index (κ2) is 3.75. The molecule has 0 aromatic heterocycles. The van der Waals surface area contributed by atoms with Crippen LogP contribution >= 0.6 is 22.6 Å². The Kier molecular flexibility index (Phi) is 2.92. The molecule has 0 N–H and O–H groups in total. The molecular formula is C7H6FIO. The predicted molar refractivity (Wildman–Crippen MR) is 45.8 cm³/mol. The SMILES string of the molecule is FCOc1ccccc1I. The van der Waals surface area contributed by atoms with Gasteiger partial charge in [-0.05, 0) is 34.7 Å². The molecule has 1 aromatic carbocycles. The molecule has 0 aliphatic carbocycles. The second-order valence-electron chi connectivity index (χ2n) is 1.68. The van der Waals surface area contributed by atoms with Crippen LogP contribution in [0.4, 0.5) is 4.39 Å². The third kappa shape index (κ3) is 1.83. The number of alkyl halides is 1. The number of rotatable bonds is 2. The highest BCUT2D eigenvalue weighted by Gasteiger charge is 1.95. The van der Waals surface area contributed by atoms with Crippen LogP contribution in [0, 0.1) is 3.57 Å². The summed E-state index contributed by atoms with van der Waals surface area (Å²) in [7, 11) is 0. The van der Waals surface area contributed by atoms with E-state index in [1.54, 1.807) is 6.07 Å². The molecule has 1 aromatic rings. The Morgan fingerprint density at radius 1 is 1.40 bits per heavy atom. The van der Waals surface area contributed by atoms with E-state index < -0.39 is 6.86 Å². The topological polar surface area (TPSA) is 9.23 Å². The third-order valence-electron chi connectivity index (χ3n) is 1.05. The van der Waals surface area contributed by atoms with Gasteiger partial charge in [0.2, 0.25) is 6.86 Å². The minimum absolute atomic E-state index is 0.602. The fourth-order valence-corrected chi connectivity index (χ4v) is 1.16. The zero-order valence-corrected chi connectivity index (χ0v) is 7.34. The van der Waals surface area contributed by atoms with Crippen LogP contribution in [0.5, 0.6) is 5.75 Å². The number of ether oxygens (including phenoxy) is 1. The molecule has 0 atom stereocenters. The van der Waals surface area contributed by atoms with E-state index in [0.29, 0.717) is 5.75 Å². The van der Waals surface area contributed by atoms with Gasteiger partial charge in [0.05, 0.1) is 3.57 Å². The summed E-state index contributed by atoms with van der Waals surface area (Å²) in [5.74, 6) is 0.602. The van der Waals surface area contributed by atoms with Gasteiger partial charge < -0.3 is 4.74 Å². The maximum atomic E-state index is 11.6. The molecule has 1 nitrogen and oxygen atoms in total. The molecule has 0 radical (unpaired) electrons. The summed E-state index contributed by atoms with van der Waals surface area (Å²) < 4.78 is 17.2. The summed E-state index contributed by atoms with van der Waals surface area (Å²) in [6.07, 6.45) is 0. The van der Waals surface area contributed by atoms with Crippen molar-refractivity contribution in [2.75, 3.05) is 6.86 Å². The summed E-state index contributed by atoms with van der Waals surface area (Å²) in [6.45, 7) is -0.764.